The minimum absolute atomic E-state index is 0.785. The maximum absolute atomic E-state index is 5.55. The highest BCUT2D eigenvalue weighted by molar-refractivity contribution is 7.73. The summed E-state index contributed by atoms with van der Waals surface area (Å²) in [6.07, 6.45) is 3.58. The molecule has 0 bridgehead atoms. The fourth-order valence-electron chi connectivity index (χ4n) is 3.37. The van der Waals surface area contributed by atoms with Crippen molar-refractivity contribution in [3.8, 4) is 0 Å². The van der Waals surface area contributed by atoms with Crippen LogP contribution in [-0.4, -0.2) is 45.9 Å². The van der Waals surface area contributed by atoms with Gasteiger partial charge in [-0.15, -0.1) is 5.10 Å². The van der Waals surface area contributed by atoms with Gasteiger partial charge in [-0.25, -0.2) is 9.97 Å². The molecule has 3 heterocycles. The zero-order chi connectivity index (χ0) is 19.5. The Bertz CT molecular complexity index is 991. The van der Waals surface area contributed by atoms with Gasteiger partial charge in [0.15, 0.2) is 10.6 Å². The predicted octanol–water partition coefficient (Wildman–Crippen LogP) is 2.19. The van der Waals surface area contributed by atoms with Gasteiger partial charge in [-0.2, -0.15) is 4.68 Å². The SMILES string of the molecule is Cc1ccc(Nc2nn(C[NH+]3CCN(c4ncccn4)CC3)c(=S)s2)c(C)c1. The Balaban J connectivity index is 1.38. The summed E-state index contributed by atoms with van der Waals surface area (Å²) in [4.78, 5) is 12.4. The number of aromatic nitrogens is 4. The van der Waals surface area contributed by atoms with Crippen LogP contribution in [0.3, 0.4) is 0 Å². The van der Waals surface area contributed by atoms with Crippen LogP contribution in [-0.2, 0) is 6.67 Å². The topological polar surface area (TPSA) is 63.3 Å². The van der Waals surface area contributed by atoms with E-state index < -0.39 is 0 Å². The first kappa shape index (κ1) is 19.0. The Morgan fingerprint density at radius 3 is 2.64 bits per heavy atom. The van der Waals surface area contributed by atoms with Crippen LogP contribution in [0.15, 0.2) is 36.7 Å². The molecule has 7 nitrogen and oxygen atoms in total. The lowest BCUT2D eigenvalue weighted by molar-refractivity contribution is -0.924. The second-order valence-electron chi connectivity index (χ2n) is 7.06. The van der Waals surface area contributed by atoms with Crippen molar-refractivity contribution in [2.75, 3.05) is 36.4 Å². The number of hydrogen-bond donors (Lipinski definition) is 2. The zero-order valence-electron chi connectivity index (χ0n) is 16.1. The van der Waals surface area contributed by atoms with Gasteiger partial charge in [-0.1, -0.05) is 29.0 Å². The van der Waals surface area contributed by atoms with Gasteiger partial charge < -0.3 is 15.1 Å². The van der Waals surface area contributed by atoms with E-state index in [0.29, 0.717) is 0 Å². The third-order valence-corrected chi connectivity index (χ3v) is 6.13. The molecule has 1 aliphatic rings. The second-order valence-corrected chi connectivity index (χ2v) is 8.68. The Hall–Kier alpha value is -2.36. The molecule has 0 saturated carbocycles. The number of rotatable bonds is 5. The molecule has 3 aromatic rings. The van der Waals surface area contributed by atoms with Crippen molar-refractivity contribution in [2.45, 2.75) is 20.5 Å². The van der Waals surface area contributed by atoms with E-state index in [1.54, 1.807) is 12.4 Å². The molecule has 0 aliphatic carbocycles. The Labute approximate surface area is 173 Å². The van der Waals surface area contributed by atoms with Crippen molar-refractivity contribution >= 4 is 40.3 Å². The van der Waals surface area contributed by atoms with Crippen LogP contribution in [0.5, 0.6) is 0 Å². The molecular weight excluding hydrogens is 390 g/mol. The lowest BCUT2D eigenvalue weighted by atomic mass is 10.1. The molecule has 146 valence electrons. The predicted molar refractivity (Wildman–Crippen MR) is 115 cm³/mol. The van der Waals surface area contributed by atoms with E-state index in [-0.39, 0.29) is 0 Å². The molecule has 0 spiro atoms. The van der Waals surface area contributed by atoms with Gasteiger partial charge in [-0.05, 0) is 43.8 Å². The molecule has 1 saturated heterocycles. The number of nitrogens with one attached hydrogen (secondary N) is 2. The molecule has 0 unspecified atom stereocenters. The highest BCUT2D eigenvalue weighted by atomic mass is 32.1. The molecule has 4 rings (SSSR count). The van der Waals surface area contributed by atoms with Crippen LogP contribution in [0.25, 0.3) is 0 Å². The van der Waals surface area contributed by atoms with Crippen molar-refractivity contribution < 1.29 is 4.90 Å². The minimum atomic E-state index is 0.785. The van der Waals surface area contributed by atoms with E-state index in [9.17, 15) is 0 Å². The quantitative estimate of drug-likeness (QED) is 0.624. The molecule has 1 aliphatic heterocycles. The van der Waals surface area contributed by atoms with Crippen LogP contribution >= 0.6 is 23.6 Å². The van der Waals surface area contributed by atoms with Crippen molar-refractivity contribution in [1.82, 2.24) is 19.7 Å². The highest BCUT2D eigenvalue weighted by Gasteiger charge is 2.22. The van der Waals surface area contributed by atoms with Gasteiger partial charge in [0.05, 0.1) is 26.2 Å². The minimum Gasteiger partial charge on any atom is -0.330 e. The summed E-state index contributed by atoms with van der Waals surface area (Å²) in [5.41, 5.74) is 3.53. The van der Waals surface area contributed by atoms with Gasteiger partial charge in [0, 0.05) is 18.1 Å². The summed E-state index contributed by atoms with van der Waals surface area (Å²) in [5.74, 6) is 0.812. The van der Waals surface area contributed by atoms with Crippen LogP contribution in [0.1, 0.15) is 11.1 Å². The van der Waals surface area contributed by atoms with Crippen molar-refractivity contribution in [3.05, 3.63) is 51.7 Å². The molecule has 28 heavy (non-hydrogen) atoms. The maximum Gasteiger partial charge on any atom is 0.225 e. The number of benzene rings is 1. The van der Waals surface area contributed by atoms with Gasteiger partial charge in [-0.3, -0.25) is 0 Å². The summed E-state index contributed by atoms with van der Waals surface area (Å²) < 4.78 is 2.74. The van der Waals surface area contributed by atoms with Crippen molar-refractivity contribution in [3.63, 3.8) is 0 Å². The summed E-state index contributed by atoms with van der Waals surface area (Å²) in [5, 5.41) is 8.95. The molecule has 0 atom stereocenters. The molecule has 2 aromatic heterocycles. The Morgan fingerprint density at radius 1 is 1.18 bits per heavy atom. The van der Waals surface area contributed by atoms with E-state index >= 15 is 0 Å². The average molecular weight is 415 g/mol. The van der Waals surface area contributed by atoms with Crippen LogP contribution in [0.2, 0.25) is 0 Å². The van der Waals surface area contributed by atoms with E-state index in [2.05, 4.69) is 52.2 Å². The van der Waals surface area contributed by atoms with E-state index in [0.717, 1.165) is 53.6 Å². The Kier molecular flexibility index (Phi) is 5.65. The standard InChI is InChI=1S/C19H23N7S2/c1-14-4-5-16(15(2)12-14)22-18-23-26(19(27)28-18)13-24-8-10-25(11-9-24)17-20-6-3-7-21-17/h3-7,12H,8-11,13H2,1-2H3,(H,22,23)/p+1. The first-order valence-corrected chi connectivity index (χ1v) is 10.6. The number of nitrogens with zero attached hydrogens (tertiary/aromatic N) is 5. The van der Waals surface area contributed by atoms with Crippen LogP contribution < -0.4 is 15.1 Å². The van der Waals surface area contributed by atoms with Crippen LogP contribution in [0, 0.1) is 17.8 Å². The molecule has 9 heteroatoms. The number of aryl methyl sites for hydroxylation is 2. The van der Waals surface area contributed by atoms with E-state index in [4.69, 9.17) is 17.3 Å². The fourth-order valence-corrected chi connectivity index (χ4v) is 4.39. The second kappa shape index (κ2) is 8.34. The summed E-state index contributed by atoms with van der Waals surface area (Å²) in [6.45, 7) is 8.88. The monoisotopic (exact) mass is 414 g/mol. The van der Waals surface area contributed by atoms with Crippen molar-refractivity contribution in [1.29, 1.82) is 0 Å². The van der Waals surface area contributed by atoms with Crippen LogP contribution in [0.4, 0.5) is 16.8 Å². The molecule has 0 radical (unpaired) electrons. The highest BCUT2D eigenvalue weighted by Crippen LogP contribution is 2.23. The lowest BCUT2D eigenvalue weighted by Crippen LogP contribution is -3.14. The normalized spacial score (nSPS) is 15.0. The third-order valence-electron chi connectivity index (χ3n) is 4.91. The van der Waals surface area contributed by atoms with Gasteiger partial charge >= 0.3 is 0 Å². The molecular formula is C19H24N7S2+. The van der Waals surface area contributed by atoms with Crippen molar-refractivity contribution in [2.24, 2.45) is 0 Å². The summed E-state index contributed by atoms with van der Waals surface area (Å²) >= 11 is 7.07. The van der Waals surface area contributed by atoms with Gasteiger partial charge in [0.2, 0.25) is 11.1 Å². The number of quaternary nitrogens is 1. The van der Waals surface area contributed by atoms with E-state index in [1.807, 2.05) is 10.7 Å². The zero-order valence-corrected chi connectivity index (χ0v) is 17.7. The number of anilines is 3. The van der Waals surface area contributed by atoms with E-state index in [1.165, 1.54) is 27.4 Å². The summed E-state index contributed by atoms with van der Waals surface area (Å²) in [6, 6.07) is 8.21. The summed E-state index contributed by atoms with van der Waals surface area (Å²) in [7, 11) is 0. The number of piperazine rings is 1. The number of hydrogen-bond acceptors (Lipinski definition) is 7. The first-order chi connectivity index (χ1) is 13.6. The molecule has 2 N–H and O–H groups in total. The van der Waals surface area contributed by atoms with Gasteiger partial charge in [0.25, 0.3) is 0 Å². The Morgan fingerprint density at radius 2 is 1.93 bits per heavy atom. The molecule has 1 aromatic carbocycles. The smallest absolute Gasteiger partial charge is 0.225 e. The van der Waals surface area contributed by atoms with Gasteiger partial charge in [0.1, 0.15) is 0 Å². The lowest BCUT2D eigenvalue weighted by Gasteiger charge is -2.31. The fraction of sp³-hybridized carbons (Fsp3) is 0.368. The molecule has 0 amide bonds. The molecule has 1 fully saturated rings. The third kappa shape index (κ3) is 4.37. The first-order valence-electron chi connectivity index (χ1n) is 9.36. The maximum atomic E-state index is 5.55. The largest absolute Gasteiger partial charge is 0.330 e. The average Bonchev–Trinajstić information content (AvgIpc) is 3.04.